The molecule has 5 heteroatoms. The van der Waals surface area contributed by atoms with Crippen molar-refractivity contribution in [2.24, 2.45) is 5.92 Å². The van der Waals surface area contributed by atoms with Gasteiger partial charge in [-0.05, 0) is 49.8 Å². The number of piperidine rings is 1. The van der Waals surface area contributed by atoms with Crippen molar-refractivity contribution in [1.82, 2.24) is 10.2 Å². The van der Waals surface area contributed by atoms with Crippen LogP contribution in [0.4, 0.5) is 4.39 Å². The van der Waals surface area contributed by atoms with Gasteiger partial charge in [0.05, 0.1) is 0 Å². The Labute approximate surface area is 167 Å². The first-order valence-electron chi connectivity index (χ1n) is 10.9. The van der Waals surface area contributed by atoms with Crippen LogP contribution in [0.25, 0.3) is 0 Å². The van der Waals surface area contributed by atoms with Gasteiger partial charge in [-0.3, -0.25) is 9.59 Å². The SMILES string of the molecule is CCCC(=O)N1CCC(C(=O)NCC2(c3ccc(F)cc3)CCCCC2)CC1. The maximum Gasteiger partial charge on any atom is 0.223 e. The second kappa shape index (κ2) is 9.53. The topological polar surface area (TPSA) is 49.4 Å². The highest BCUT2D eigenvalue weighted by Gasteiger charge is 2.35. The van der Waals surface area contributed by atoms with Crippen molar-refractivity contribution in [2.45, 2.75) is 70.1 Å². The highest BCUT2D eigenvalue weighted by molar-refractivity contribution is 5.80. The summed E-state index contributed by atoms with van der Waals surface area (Å²) in [4.78, 5) is 26.7. The van der Waals surface area contributed by atoms with Crippen molar-refractivity contribution < 1.29 is 14.0 Å². The zero-order valence-electron chi connectivity index (χ0n) is 17.0. The lowest BCUT2D eigenvalue weighted by Crippen LogP contribution is -2.47. The van der Waals surface area contributed by atoms with E-state index in [2.05, 4.69) is 5.32 Å². The largest absolute Gasteiger partial charge is 0.355 e. The van der Waals surface area contributed by atoms with Gasteiger partial charge in [0.1, 0.15) is 5.82 Å². The Bertz CT molecular complexity index is 660. The summed E-state index contributed by atoms with van der Waals surface area (Å²) in [6.07, 6.45) is 8.51. The fraction of sp³-hybridized carbons (Fsp3) is 0.652. The molecule has 1 heterocycles. The maximum atomic E-state index is 13.4. The number of hydrogen-bond donors (Lipinski definition) is 1. The molecule has 0 aromatic heterocycles. The molecule has 2 fully saturated rings. The van der Waals surface area contributed by atoms with Gasteiger partial charge in [0.25, 0.3) is 0 Å². The zero-order chi connectivity index (χ0) is 20.0. The third-order valence-electron chi connectivity index (χ3n) is 6.55. The van der Waals surface area contributed by atoms with Gasteiger partial charge >= 0.3 is 0 Å². The van der Waals surface area contributed by atoms with Gasteiger partial charge in [0.2, 0.25) is 11.8 Å². The van der Waals surface area contributed by atoms with Crippen molar-refractivity contribution in [1.29, 1.82) is 0 Å². The Hall–Kier alpha value is -1.91. The number of amides is 2. The molecule has 1 N–H and O–H groups in total. The third-order valence-corrected chi connectivity index (χ3v) is 6.55. The summed E-state index contributed by atoms with van der Waals surface area (Å²) >= 11 is 0. The molecule has 1 aromatic carbocycles. The Morgan fingerprint density at radius 3 is 2.36 bits per heavy atom. The van der Waals surface area contributed by atoms with Crippen molar-refractivity contribution in [3.05, 3.63) is 35.6 Å². The molecule has 1 aliphatic heterocycles. The molecule has 1 saturated heterocycles. The summed E-state index contributed by atoms with van der Waals surface area (Å²) in [6.45, 7) is 3.99. The maximum absolute atomic E-state index is 13.4. The summed E-state index contributed by atoms with van der Waals surface area (Å²) in [5, 5.41) is 3.21. The van der Waals surface area contributed by atoms with Crippen LogP contribution in [0.3, 0.4) is 0 Å². The monoisotopic (exact) mass is 388 g/mol. The van der Waals surface area contributed by atoms with Gasteiger partial charge in [-0.15, -0.1) is 0 Å². The summed E-state index contributed by atoms with van der Waals surface area (Å²) in [7, 11) is 0. The number of nitrogens with zero attached hydrogens (tertiary/aromatic N) is 1. The minimum atomic E-state index is -0.219. The van der Waals surface area contributed by atoms with Crippen molar-refractivity contribution in [3.8, 4) is 0 Å². The van der Waals surface area contributed by atoms with Crippen LogP contribution in [0, 0.1) is 11.7 Å². The molecule has 0 spiro atoms. The smallest absolute Gasteiger partial charge is 0.223 e. The predicted octanol–water partition coefficient (Wildman–Crippen LogP) is 4.18. The van der Waals surface area contributed by atoms with E-state index < -0.39 is 0 Å². The van der Waals surface area contributed by atoms with E-state index in [0.29, 0.717) is 26.1 Å². The van der Waals surface area contributed by atoms with Gasteiger partial charge in [-0.2, -0.15) is 0 Å². The average Bonchev–Trinajstić information content (AvgIpc) is 2.73. The lowest BCUT2D eigenvalue weighted by molar-refractivity contribution is -0.135. The molecular formula is C23H33FN2O2. The van der Waals surface area contributed by atoms with Gasteiger partial charge in [-0.25, -0.2) is 4.39 Å². The Balaban J connectivity index is 1.57. The average molecular weight is 389 g/mol. The lowest BCUT2D eigenvalue weighted by atomic mass is 9.69. The summed E-state index contributed by atoms with van der Waals surface area (Å²) in [5.41, 5.74) is 1.05. The molecule has 0 bridgehead atoms. The first-order chi connectivity index (χ1) is 13.5. The van der Waals surface area contributed by atoms with Crippen LogP contribution < -0.4 is 5.32 Å². The predicted molar refractivity (Wildman–Crippen MR) is 108 cm³/mol. The second-order valence-corrected chi connectivity index (χ2v) is 8.47. The number of carbonyl (C=O) groups is 2. The van der Waals surface area contributed by atoms with E-state index in [1.807, 2.05) is 24.0 Å². The first kappa shape index (κ1) is 20.8. The molecule has 154 valence electrons. The second-order valence-electron chi connectivity index (χ2n) is 8.47. The molecule has 0 atom stereocenters. The molecule has 2 aliphatic rings. The van der Waals surface area contributed by atoms with E-state index in [0.717, 1.165) is 50.5 Å². The number of carbonyl (C=O) groups excluding carboxylic acids is 2. The Morgan fingerprint density at radius 1 is 1.11 bits per heavy atom. The Kier molecular flexibility index (Phi) is 7.08. The van der Waals surface area contributed by atoms with Crippen LogP contribution in [0.1, 0.15) is 70.3 Å². The van der Waals surface area contributed by atoms with Crippen LogP contribution in [-0.4, -0.2) is 36.3 Å². The van der Waals surface area contributed by atoms with Crippen LogP contribution in [0.15, 0.2) is 24.3 Å². The fourth-order valence-corrected chi connectivity index (χ4v) is 4.76. The highest BCUT2D eigenvalue weighted by atomic mass is 19.1. The first-order valence-corrected chi connectivity index (χ1v) is 10.9. The van der Waals surface area contributed by atoms with Gasteiger partial charge in [0.15, 0.2) is 0 Å². The number of likely N-dealkylation sites (tertiary alicyclic amines) is 1. The number of nitrogens with one attached hydrogen (secondary N) is 1. The van der Waals surface area contributed by atoms with E-state index in [-0.39, 0.29) is 29.0 Å². The molecule has 2 amide bonds. The Morgan fingerprint density at radius 2 is 1.75 bits per heavy atom. The van der Waals surface area contributed by atoms with Crippen molar-refractivity contribution in [3.63, 3.8) is 0 Å². The number of hydrogen-bond acceptors (Lipinski definition) is 2. The lowest BCUT2D eigenvalue weighted by Gasteiger charge is -2.39. The summed E-state index contributed by atoms with van der Waals surface area (Å²) in [5.74, 6) is 0.0798. The molecule has 0 radical (unpaired) electrons. The van der Waals surface area contributed by atoms with Crippen LogP contribution in [0.2, 0.25) is 0 Å². The minimum absolute atomic E-state index is 0.0143. The van der Waals surface area contributed by atoms with E-state index in [1.165, 1.54) is 18.6 Å². The third kappa shape index (κ3) is 4.92. The summed E-state index contributed by atoms with van der Waals surface area (Å²) in [6, 6.07) is 6.81. The molecule has 1 aliphatic carbocycles. The molecule has 28 heavy (non-hydrogen) atoms. The fourth-order valence-electron chi connectivity index (χ4n) is 4.76. The minimum Gasteiger partial charge on any atom is -0.355 e. The van der Waals surface area contributed by atoms with Gasteiger partial charge in [0, 0.05) is 37.4 Å². The molecule has 0 unspecified atom stereocenters. The highest BCUT2D eigenvalue weighted by Crippen LogP contribution is 2.39. The molecule has 1 saturated carbocycles. The number of benzene rings is 1. The van der Waals surface area contributed by atoms with Crippen molar-refractivity contribution in [2.75, 3.05) is 19.6 Å². The van der Waals surface area contributed by atoms with Crippen molar-refractivity contribution >= 4 is 11.8 Å². The van der Waals surface area contributed by atoms with Crippen LogP contribution in [-0.2, 0) is 15.0 Å². The normalized spacial score (nSPS) is 20.0. The quantitative estimate of drug-likeness (QED) is 0.795. The molecule has 4 nitrogen and oxygen atoms in total. The van der Waals surface area contributed by atoms with E-state index in [4.69, 9.17) is 0 Å². The molecule has 3 rings (SSSR count). The van der Waals surface area contributed by atoms with E-state index >= 15 is 0 Å². The summed E-state index contributed by atoms with van der Waals surface area (Å²) < 4.78 is 13.4. The zero-order valence-corrected chi connectivity index (χ0v) is 17.0. The standard InChI is InChI=1S/C23H33FN2O2/c1-2-6-21(27)26-15-11-18(12-16-26)22(28)25-17-23(13-4-3-5-14-23)19-7-9-20(24)10-8-19/h7-10,18H,2-6,11-17H2,1H3,(H,25,28). The van der Waals surface area contributed by atoms with Gasteiger partial charge < -0.3 is 10.2 Å². The van der Waals surface area contributed by atoms with E-state index in [9.17, 15) is 14.0 Å². The number of halogens is 1. The van der Waals surface area contributed by atoms with Crippen LogP contribution in [0.5, 0.6) is 0 Å². The molecular weight excluding hydrogens is 355 g/mol. The van der Waals surface area contributed by atoms with Crippen LogP contribution >= 0.6 is 0 Å². The molecule has 1 aromatic rings. The van der Waals surface area contributed by atoms with Gasteiger partial charge in [-0.1, -0.05) is 38.3 Å². The number of rotatable bonds is 6. The van der Waals surface area contributed by atoms with E-state index in [1.54, 1.807) is 0 Å².